The van der Waals surface area contributed by atoms with Crippen molar-refractivity contribution >= 4 is 15.9 Å². The monoisotopic (exact) mass is 294 g/mol. The Balaban J connectivity index is 1.93. The lowest BCUT2D eigenvalue weighted by Crippen LogP contribution is -2.40. The van der Waals surface area contributed by atoms with Crippen molar-refractivity contribution in [2.45, 2.75) is 31.3 Å². The van der Waals surface area contributed by atoms with Gasteiger partial charge in [-0.15, -0.1) is 0 Å². The molecule has 1 N–H and O–H groups in total. The van der Waals surface area contributed by atoms with Crippen molar-refractivity contribution in [2.24, 2.45) is 0 Å². The molecule has 1 fully saturated rings. The highest BCUT2D eigenvalue weighted by molar-refractivity contribution is 9.10. The van der Waals surface area contributed by atoms with Crippen LogP contribution in [0.5, 0.6) is 0 Å². The molecule has 1 aromatic carbocycles. The van der Waals surface area contributed by atoms with E-state index in [9.17, 15) is 0 Å². The van der Waals surface area contributed by atoms with E-state index in [0.29, 0.717) is 12.1 Å². The molecule has 17 heavy (non-hydrogen) atoms. The van der Waals surface area contributed by atoms with Gasteiger partial charge in [-0.05, 0) is 56.6 Å². The summed E-state index contributed by atoms with van der Waals surface area (Å²) in [7, 11) is 2.09. The minimum atomic E-state index is 0.501. The van der Waals surface area contributed by atoms with Gasteiger partial charge in [0.15, 0.2) is 0 Å². The van der Waals surface area contributed by atoms with E-state index in [1.807, 2.05) is 0 Å². The standard InChI is InChI=1S/C14H19BrN2/c1-16-14-10-5-4-6-12(15)11(10)9-13(14)17-7-2-3-8-17/h4-6,13-14,16H,2-3,7-9H2,1H3/t13-,14-/m1/s1. The van der Waals surface area contributed by atoms with Gasteiger partial charge in [-0.3, -0.25) is 4.90 Å². The van der Waals surface area contributed by atoms with Crippen molar-refractivity contribution in [2.75, 3.05) is 20.1 Å². The third-order valence-electron chi connectivity index (χ3n) is 4.21. The number of likely N-dealkylation sites (tertiary alicyclic amines) is 1. The van der Waals surface area contributed by atoms with E-state index in [1.165, 1.54) is 48.0 Å². The predicted molar refractivity (Wildman–Crippen MR) is 74.2 cm³/mol. The molecule has 1 aliphatic heterocycles. The highest BCUT2D eigenvalue weighted by atomic mass is 79.9. The molecular weight excluding hydrogens is 276 g/mol. The van der Waals surface area contributed by atoms with Crippen molar-refractivity contribution in [1.29, 1.82) is 0 Å². The topological polar surface area (TPSA) is 15.3 Å². The zero-order valence-corrected chi connectivity index (χ0v) is 11.8. The molecule has 0 unspecified atom stereocenters. The molecule has 1 aromatic rings. The smallest absolute Gasteiger partial charge is 0.0482 e. The van der Waals surface area contributed by atoms with Crippen LogP contribution in [0.15, 0.2) is 22.7 Å². The Bertz CT molecular complexity index is 413. The lowest BCUT2D eigenvalue weighted by molar-refractivity contribution is 0.208. The Hall–Kier alpha value is -0.380. The van der Waals surface area contributed by atoms with E-state index < -0.39 is 0 Å². The van der Waals surface area contributed by atoms with E-state index in [0.717, 1.165) is 0 Å². The van der Waals surface area contributed by atoms with E-state index in [1.54, 1.807) is 0 Å². The SMILES string of the molecule is CN[C@@H]1c2cccc(Br)c2C[C@H]1N1CCCC1. The van der Waals surface area contributed by atoms with Gasteiger partial charge in [0.2, 0.25) is 0 Å². The molecule has 0 saturated carbocycles. The Labute approximate surface area is 112 Å². The summed E-state index contributed by atoms with van der Waals surface area (Å²) in [5, 5.41) is 3.51. The maximum atomic E-state index is 3.69. The first-order valence-electron chi connectivity index (χ1n) is 6.50. The van der Waals surface area contributed by atoms with Crippen molar-refractivity contribution in [3.63, 3.8) is 0 Å². The summed E-state index contributed by atoms with van der Waals surface area (Å²) in [5.41, 5.74) is 2.99. The second-order valence-corrected chi connectivity index (χ2v) is 5.94. The van der Waals surface area contributed by atoms with Gasteiger partial charge in [0.1, 0.15) is 0 Å². The maximum absolute atomic E-state index is 3.69. The summed E-state index contributed by atoms with van der Waals surface area (Å²) < 4.78 is 1.27. The number of nitrogens with one attached hydrogen (secondary N) is 1. The zero-order chi connectivity index (χ0) is 11.8. The van der Waals surface area contributed by atoms with Gasteiger partial charge < -0.3 is 5.32 Å². The molecule has 2 aliphatic rings. The van der Waals surface area contributed by atoms with Crippen LogP contribution < -0.4 is 5.32 Å². The third-order valence-corrected chi connectivity index (χ3v) is 4.95. The zero-order valence-electron chi connectivity index (χ0n) is 10.2. The highest BCUT2D eigenvalue weighted by Crippen LogP contribution is 2.38. The predicted octanol–water partition coefficient (Wildman–Crippen LogP) is 2.73. The normalized spacial score (nSPS) is 28.6. The molecule has 0 amide bonds. The number of nitrogens with zero attached hydrogens (tertiary/aromatic N) is 1. The molecule has 0 aromatic heterocycles. The Kier molecular flexibility index (Phi) is 3.24. The molecular formula is C14H19BrN2. The average molecular weight is 295 g/mol. The van der Waals surface area contributed by atoms with Crippen molar-refractivity contribution < 1.29 is 0 Å². The molecule has 0 radical (unpaired) electrons. The van der Waals surface area contributed by atoms with Gasteiger partial charge in [-0.1, -0.05) is 28.1 Å². The van der Waals surface area contributed by atoms with E-state index >= 15 is 0 Å². The molecule has 1 saturated heterocycles. The fourth-order valence-electron chi connectivity index (χ4n) is 3.38. The van der Waals surface area contributed by atoms with Gasteiger partial charge in [0.05, 0.1) is 0 Å². The first-order valence-corrected chi connectivity index (χ1v) is 7.29. The average Bonchev–Trinajstić information content (AvgIpc) is 2.95. The minimum Gasteiger partial charge on any atom is -0.312 e. The van der Waals surface area contributed by atoms with E-state index in [-0.39, 0.29) is 0 Å². The van der Waals surface area contributed by atoms with Crippen molar-refractivity contribution in [3.05, 3.63) is 33.8 Å². The number of hydrogen-bond acceptors (Lipinski definition) is 2. The fourth-order valence-corrected chi connectivity index (χ4v) is 3.92. The van der Waals surface area contributed by atoms with Crippen LogP contribution in [0.1, 0.15) is 30.0 Å². The highest BCUT2D eigenvalue weighted by Gasteiger charge is 2.36. The molecule has 2 nitrogen and oxygen atoms in total. The lowest BCUT2D eigenvalue weighted by Gasteiger charge is -2.29. The van der Waals surface area contributed by atoms with Crippen LogP contribution in [-0.4, -0.2) is 31.1 Å². The molecule has 3 rings (SSSR count). The fraction of sp³-hybridized carbons (Fsp3) is 0.571. The number of likely N-dealkylation sites (N-methyl/N-ethyl adjacent to an activating group) is 1. The number of rotatable bonds is 2. The molecule has 1 aliphatic carbocycles. The molecule has 1 heterocycles. The van der Waals surface area contributed by atoms with Gasteiger partial charge in [-0.25, -0.2) is 0 Å². The van der Waals surface area contributed by atoms with Gasteiger partial charge in [0.25, 0.3) is 0 Å². The molecule has 3 heteroatoms. The number of benzene rings is 1. The number of hydrogen-bond donors (Lipinski definition) is 1. The first kappa shape index (κ1) is 11.7. The summed E-state index contributed by atoms with van der Waals surface area (Å²) in [4.78, 5) is 2.66. The second kappa shape index (κ2) is 4.71. The van der Waals surface area contributed by atoms with Crippen LogP contribution in [0.4, 0.5) is 0 Å². The first-order chi connectivity index (χ1) is 8.31. The second-order valence-electron chi connectivity index (χ2n) is 5.09. The number of halogens is 1. The molecule has 92 valence electrons. The quantitative estimate of drug-likeness (QED) is 0.902. The largest absolute Gasteiger partial charge is 0.312 e. The van der Waals surface area contributed by atoms with Crippen LogP contribution in [0.2, 0.25) is 0 Å². The Morgan fingerprint density at radius 3 is 2.76 bits per heavy atom. The van der Waals surface area contributed by atoms with Crippen molar-refractivity contribution in [3.8, 4) is 0 Å². The third kappa shape index (κ3) is 1.94. The Morgan fingerprint density at radius 2 is 2.06 bits per heavy atom. The van der Waals surface area contributed by atoms with Gasteiger partial charge in [0, 0.05) is 16.6 Å². The summed E-state index contributed by atoms with van der Waals surface area (Å²) in [6.45, 7) is 2.54. The van der Waals surface area contributed by atoms with Gasteiger partial charge in [-0.2, -0.15) is 0 Å². The lowest BCUT2D eigenvalue weighted by atomic mass is 10.1. The summed E-state index contributed by atoms with van der Waals surface area (Å²) in [5.74, 6) is 0. The van der Waals surface area contributed by atoms with Crippen LogP contribution in [0, 0.1) is 0 Å². The van der Waals surface area contributed by atoms with Crippen LogP contribution >= 0.6 is 15.9 Å². The molecule has 2 atom stereocenters. The minimum absolute atomic E-state index is 0.501. The van der Waals surface area contributed by atoms with Crippen molar-refractivity contribution in [1.82, 2.24) is 10.2 Å². The molecule has 0 spiro atoms. The summed E-state index contributed by atoms with van der Waals surface area (Å²) in [6.07, 6.45) is 3.91. The Morgan fingerprint density at radius 1 is 1.29 bits per heavy atom. The van der Waals surface area contributed by atoms with E-state index in [2.05, 4.69) is 51.4 Å². The summed E-state index contributed by atoms with van der Waals surface area (Å²) in [6, 6.07) is 7.74. The van der Waals surface area contributed by atoms with Crippen LogP contribution in [0.25, 0.3) is 0 Å². The summed E-state index contributed by atoms with van der Waals surface area (Å²) >= 11 is 3.69. The van der Waals surface area contributed by atoms with Crippen LogP contribution in [-0.2, 0) is 6.42 Å². The number of fused-ring (bicyclic) bond motifs is 1. The molecule has 0 bridgehead atoms. The van der Waals surface area contributed by atoms with Crippen LogP contribution in [0.3, 0.4) is 0 Å². The maximum Gasteiger partial charge on any atom is 0.0482 e. The van der Waals surface area contributed by atoms with Gasteiger partial charge >= 0.3 is 0 Å². The van der Waals surface area contributed by atoms with E-state index in [4.69, 9.17) is 0 Å².